The van der Waals surface area contributed by atoms with E-state index in [0.29, 0.717) is 5.82 Å². The van der Waals surface area contributed by atoms with E-state index in [-0.39, 0.29) is 11.2 Å². The Morgan fingerprint density at radius 2 is 1.80 bits per heavy atom. The van der Waals surface area contributed by atoms with Gasteiger partial charge in [-0.1, -0.05) is 6.07 Å². The van der Waals surface area contributed by atoms with Crippen LogP contribution in [-0.2, 0) is 9.31 Å². The average Bonchev–Trinajstić information content (AvgIpc) is 2.97. The van der Waals surface area contributed by atoms with Crippen molar-refractivity contribution in [2.75, 3.05) is 0 Å². The highest BCUT2D eigenvalue weighted by molar-refractivity contribution is 7.13. The highest BCUT2D eigenvalue weighted by Gasteiger charge is 2.52. The van der Waals surface area contributed by atoms with E-state index in [2.05, 4.69) is 9.97 Å². The Morgan fingerprint density at radius 1 is 1.10 bits per heavy atom. The van der Waals surface area contributed by atoms with Crippen molar-refractivity contribution in [1.29, 1.82) is 0 Å². The van der Waals surface area contributed by atoms with E-state index < -0.39 is 7.12 Å². The summed E-state index contributed by atoms with van der Waals surface area (Å²) in [6, 6.07) is 5.85. The van der Waals surface area contributed by atoms with Crippen LogP contribution < -0.4 is 5.59 Å². The number of hydrogen-bond donors (Lipinski definition) is 0. The fourth-order valence-electron chi connectivity index (χ4n) is 1.99. The number of aromatic nitrogens is 2. The van der Waals surface area contributed by atoms with Gasteiger partial charge in [0.05, 0.1) is 21.7 Å². The molecule has 0 aromatic carbocycles. The summed E-state index contributed by atoms with van der Waals surface area (Å²) in [5.41, 5.74) is 0.0549. The molecule has 0 aliphatic carbocycles. The number of rotatable bonds is 2. The third kappa shape index (κ3) is 2.28. The van der Waals surface area contributed by atoms with Gasteiger partial charge in [0.25, 0.3) is 0 Å². The molecule has 4 nitrogen and oxygen atoms in total. The van der Waals surface area contributed by atoms with E-state index in [9.17, 15) is 0 Å². The molecule has 20 heavy (non-hydrogen) atoms. The smallest absolute Gasteiger partial charge is 0.398 e. The van der Waals surface area contributed by atoms with Gasteiger partial charge in [0, 0.05) is 6.20 Å². The van der Waals surface area contributed by atoms with E-state index >= 15 is 0 Å². The maximum absolute atomic E-state index is 6.01. The van der Waals surface area contributed by atoms with Gasteiger partial charge < -0.3 is 9.31 Å². The molecule has 1 aliphatic rings. The summed E-state index contributed by atoms with van der Waals surface area (Å²) in [4.78, 5) is 9.94. The molecule has 3 heterocycles. The minimum absolute atomic E-state index is 0.355. The van der Waals surface area contributed by atoms with Crippen molar-refractivity contribution in [1.82, 2.24) is 9.97 Å². The van der Waals surface area contributed by atoms with Gasteiger partial charge in [-0.25, -0.2) is 9.97 Å². The van der Waals surface area contributed by atoms with Crippen LogP contribution in [0.25, 0.3) is 10.7 Å². The summed E-state index contributed by atoms with van der Waals surface area (Å²) >= 11 is 1.62. The third-order valence-corrected chi connectivity index (χ3v) is 4.78. The molecule has 0 N–H and O–H groups in total. The van der Waals surface area contributed by atoms with Gasteiger partial charge in [0.1, 0.15) is 0 Å². The molecule has 0 bridgehead atoms. The summed E-state index contributed by atoms with van der Waals surface area (Å²) in [5.74, 6) is 0.715. The zero-order valence-corrected chi connectivity index (χ0v) is 12.9. The van der Waals surface area contributed by atoms with Crippen molar-refractivity contribution in [3.05, 3.63) is 29.8 Å². The molecule has 0 amide bonds. The first-order chi connectivity index (χ1) is 9.39. The van der Waals surface area contributed by atoms with E-state index in [1.165, 1.54) is 0 Å². The van der Waals surface area contributed by atoms with Gasteiger partial charge >= 0.3 is 7.12 Å². The predicted octanol–water partition coefficient (Wildman–Crippen LogP) is 2.50. The second-order valence-corrected chi connectivity index (χ2v) is 6.82. The van der Waals surface area contributed by atoms with E-state index in [1.807, 2.05) is 51.3 Å². The van der Waals surface area contributed by atoms with Gasteiger partial charge in [-0.15, -0.1) is 11.3 Å². The zero-order chi connectivity index (χ0) is 14.4. The molecule has 2 aromatic heterocycles. The molecule has 0 radical (unpaired) electrons. The van der Waals surface area contributed by atoms with Gasteiger partial charge in [0.2, 0.25) is 0 Å². The van der Waals surface area contributed by atoms with Crippen molar-refractivity contribution in [3.8, 4) is 10.7 Å². The molecule has 0 unspecified atom stereocenters. The molecular weight excluding hydrogens is 271 g/mol. The van der Waals surface area contributed by atoms with Crippen LogP contribution in [0, 0.1) is 0 Å². The minimum atomic E-state index is -0.443. The molecule has 6 heteroatoms. The van der Waals surface area contributed by atoms with Crippen LogP contribution in [0.5, 0.6) is 0 Å². The molecule has 2 aromatic rings. The Bertz CT molecular complexity index is 597. The Hall–Kier alpha value is -1.24. The Labute approximate surface area is 123 Å². The highest BCUT2D eigenvalue weighted by Crippen LogP contribution is 2.36. The van der Waals surface area contributed by atoms with Crippen LogP contribution in [0.1, 0.15) is 27.7 Å². The molecule has 1 saturated heterocycles. The van der Waals surface area contributed by atoms with Crippen LogP contribution in [0.3, 0.4) is 0 Å². The Kier molecular flexibility index (Phi) is 3.19. The van der Waals surface area contributed by atoms with Crippen molar-refractivity contribution >= 4 is 24.0 Å². The summed E-state index contributed by atoms with van der Waals surface area (Å²) < 4.78 is 12.0. The lowest BCUT2D eigenvalue weighted by Crippen LogP contribution is -2.41. The molecule has 1 fully saturated rings. The Morgan fingerprint density at radius 3 is 2.40 bits per heavy atom. The van der Waals surface area contributed by atoms with E-state index in [0.717, 1.165) is 10.5 Å². The molecule has 3 rings (SSSR count). The maximum Gasteiger partial charge on any atom is 0.514 e. The van der Waals surface area contributed by atoms with Gasteiger partial charge in [-0.05, 0) is 45.2 Å². The molecule has 104 valence electrons. The number of hydrogen-bond acceptors (Lipinski definition) is 5. The lowest BCUT2D eigenvalue weighted by molar-refractivity contribution is 0.00578. The first kappa shape index (κ1) is 13.7. The second-order valence-electron chi connectivity index (χ2n) is 5.87. The van der Waals surface area contributed by atoms with Crippen LogP contribution in [0.2, 0.25) is 0 Å². The van der Waals surface area contributed by atoms with Crippen molar-refractivity contribution < 1.29 is 9.31 Å². The summed E-state index contributed by atoms with van der Waals surface area (Å²) in [7, 11) is -0.443. The van der Waals surface area contributed by atoms with Crippen LogP contribution in [-0.4, -0.2) is 28.3 Å². The fraction of sp³-hybridized carbons (Fsp3) is 0.429. The lowest BCUT2D eigenvalue weighted by Gasteiger charge is -2.32. The average molecular weight is 288 g/mol. The van der Waals surface area contributed by atoms with Crippen LogP contribution in [0.15, 0.2) is 29.8 Å². The Balaban J connectivity index is 1.91. The normalized spacial score (nSPS) is 20.3. The van der Waals surface area contributed by atoms with Crippen molar-refractivity contribution in [3.63, 3.8) is 0 Å². The van der Waals surface area contributed by atoms with Crippen molar-refractivity contribution in [2.24, 2.45) is 0 Å². The van der Waals surface area contributed by atoms with Gasteiger partial charge in [0.15, 0.2) is 5.82 Å². The summed E-state index contributed by atoms with van der Waals surface area (Å²) in [6.07, 6.45) is 1.75. The highest BCUT2D eigenvalue weighted by atomic mass is 32.1. The maximum atomic E-state index is 6.01. The lowest BCUT2D eigenvalue weighted by atomic mass is 9.84. The molecular formula is C14H17BN2O2S. The molecule has 0 saturated carbocycles. The first-order valence-corrected chi connectivity index (χ1v) is 7.49. The third-order valence-electron chi connectivity index (χ3n) is 3.91. The van der Waals surface area contributed by atoms with E-state index in [4.69, 9.17) is 9.31 Å². The van der Waals surface area contributed by atoms with Gasteiger partial charge in [-0.3, -0.25) is 0 Å². The number of nitrogens with zero attached hydrogens (tertiary/aromatic N) is 2. The topological polar surface area (TPSA) is 44.2 Å². The van der Waals surface area contributed by atoms with Crippen LogP contribution >= 0.6 is 11.3 Å². The number of thiophene rings is 1. The van der Waals surface area contributed by atoms with Gasteiger partial charge in [-0.2, -0.15) is 0 Å². The molecule has 0 atom stereocenters. The summed E-state index contributed by atoms with van der Waals surface area (Å²) in [5, 5.41) is 2.01. The molecule has 0 spiro atoms. The molecule has 1 aliphatic heterocycles. The van der Waals surface area contributed by atoms with E-state index in [1.54, 1.807) is 17.5 Å². The SMILES string of the molecule is CC1(C)OB(c2ccnc(-c3cccs3)n2)OC1(C)C. The largest absolute Gasteiger partial charge is 0.514 e. The van der Waals surface area contributed by atoms with Crippen LogP contribution in [0.4, 0.5) is 0 Å². The summed E-state index contributed by atoms with van der Waals surface area (Å²) in [6.45, 7) is 8.14. The van der Waals surface area contributed by atoms with Crippen molar-refractivity contribution in [2.45, 2.75) is 38.9 Å². The second kappa shape index (κ2) is 4.65. The monoisotopic (exact) mass is 288 g/mol. The first-order valence-electron chi connectivity index (χ1n) is 6.61. The predicted molar refractivity (Wildman–Crippen MR) is 81.1 cm³/mol. The minimum Gasteiger partial charge on any atom is -0.398 e. The quantitative estimate of drug-likeness (QED) is 0.796. The fourth-order valence-corrected chi connectivity index (χ4v) is 2.66. The zero-order valence-electron chi connectivity index (χ0n) is 12.1. The standard InChI is InChI=1S/C14H17BN2O2S/c1-13(2)14(3,4)19-15(18-13)11-7-8-16-12(17-11)10-6-5-9-20-10/h5-9H,1-4H3.